The van der Waals surface area contributed by atoms with Crippen LogP contribution in [0.2, 0.25) is 5.02 Å². The van der Waals surface area contributed by atoms with Gasteiger partial charge in [0, 0.05) is 18.8 Å². The standard InChI is InChI=1S/C24H22ClF3N4O4/c1-3-31-20(12-33)30-32(24(31)34)15-9-14-6-7-29-23(36-17-8-13(2)4-5-16(17)25)21(14)18(10-15)35-19(11-26)22(27)28/h4-10,19,22,33H,3,11-12H2,1-2H3. The molecule has 1 unspecified atom stereocenters. The van der Waals surface area contributed by atoms with E-state index in [4.69, 9.17) is 21.1 Å². The third kappa shape index (κ3) is 4.89. The van der Waals surface area contributed by atoms with Crippen molar-refractivity contribution in [1.82, 2.24) is 19.3 Å². The Bertz CT molecular complexity index is 1460. The number of aliphatic hydroxyl groups excluding tert-OH is 1. The van der Waals surface area contributed by atoms with Crippen LogP contribution in [0.15, 0.2) is 47.4 Å². The van der Waals surface area contributed by atoms with Crippen molar-refractivity contribution in [3.63, 3.8) is 0 Å². The van der Waals surface area contributed by atoms with Crippen LogP contribution in [-0.4, -0.2) is 43.6 Å². The maximum Gasteiger partial charge on any atom is 0.350 e. The fraction of sp³-hybridized carbons (Fsp3) is 0.292. The molecule has 2 heterocycles. The zero-order valence-corrected chi connectivity index (χ0v) is 20.0. The summed E-state index contributed by atoms with van der Waals surface area (Å²) < 4.78 is 53.9. The molecule has 2 aromatic heterocycles. The van der Waals surface area contributed by atoms with E-state index in [1.54, 1.807) is 37.3 Å². The highest BCUT2D eigenvalue weighted by molar-refractivity contribution is 6.32. The molecule has 0 aliphatic rings. The number of halogens is 4. The predicted octanol–water partition coefficient (Wildman–Crippen LogP) is 4.83. The summed E-state index contributed by atoms with van der Waals surface area (Å²) in [6, 6.07) is 9.48. The summed E-state index contributed by atoms with van der Waals surface area (Å²) in [6.45, 7) is 1.86. The van der Waals surface area contributed by atoms with Crippen LogP contribution >= 0.6 is 11.6 Å². The molecule has 8 nitrogen and oxygen atoms in total. The van der Waals surface area contributed by atoms with Gasteiger partial charge in [-0.1, -0.05) is 17.7 Å². The lowest BCUT2D eigenvalue weighted by Gasteiger charge is -2.19. The minimum absolute atomic E-state index is 0.0177. The van der Waals surface area contributed by atoms with E-state index in [-0.39, 0.29) is 40.8 Å². The summed E-state index contributed by atoms with van der Waals surface area (Å²) in [5.41, 5.74) is 0.455. The number of benzene rings is 2. The first-order valence-corrected chi connectivity index (χ1v) is 11.3. The van der Waals surface area contributed by atoms with Gasteiger partial charge in [0.1, 0.15) is 24.8 Å². The zero-order chi connectivity index (χ0) is 26.0. The number of hydrogen-bond donors (Lipinski definition) is 1. The van der Waals surface area contributed by atoms with Crippen molar-refractivity contribution >= 4 is 22.4 Å². The van der Waals surface area contributed by atoms with Crippen LogP contribution in [0.5, 0.6) is 17.4 Å². The van der Waals surface area contributed by atoms with Gasteiger partial charge in [-0.05, 0) is 49.1 Å². The van der Waals surface area contributed by atoms with Gasteiger partial charge in [0.05, 0.1) is 16.1 Å². The molecule has 1 N–H and O–H groups in total. The Morgan fingerprint density at radius 1 is 1.17 bits per heavy atom. The number of aryl methyl sites for hydroxylation is 1. The molecule has 4 rings (SSSR count). The van der Waals surface area contributed by atoms with Crippen LogP contribution in [-0.2, 0) is 13.2 Å². The number of rotatable bonds is 9. The van der Waals surface area contributed by atoms with Gasteiger partial charge < -0.3 is 14.6 Å². The highest BCUT2D eigenvalue weighted by Crippen LogP contribution is 2.39. The molecule has 0 amide bonds. The average Bonchev–Trinajstić information content (AvgIpc) is 3.19. The van der Waals surface area contributed by atoms with Crippen LogP contribution in [0.25, 0.3) is 16.5 Å². The van der Waals surface area contributed by atoms with E-state index in [1.165, 1.54) is 16.8 Å². The Morgan fingerprint density at radius 3 is 2.58 bits per heavy atom. The van der Waals surface area contributed by atoms with Crippen molar-refractivity contribution in [2.45, 2.75) is 39.5 Å². The number of aromatic nitrogens is 4. The van der Waals surface area contributed by atoms with Gasteiger partial charge in [-0.2, -0.15) is 4.68 Å². The van der Waals surface area contributed by atoms with Crippen molar-refractivity contribution in [3.05, 3.63) is 69.5 Å². The Kier molecular flexibility index (Phi) is 7.51. The summed E-state index contributed by atoms with van der Waals surface area (Å²) >= 11 is 6.25. The number of hydrogen-bond acceptors (Lipinski definition) is 6. The molecular weight excluding hydrogens is 501 g/mol. The van der Waals surface area contributed by atoms with E-state index in [2.05, 4.69) is 10.1 Å². The van der Waals surface area contributed by atoms with Crippen LogP contribution in [0.1, 0.15) is 18.3 Å². The highest BCUT2D eigenvalue weighted by Gasteiger charge is 2.26. The largest absolute Gasteiger partial charge is 0.481 e. The molecular formula is C24H22ClF3N4O4. The molecule has 0 aliphatic carbocycles. The maximum absolute atomic E-state index is 13.4. The minimum atomic E-state index is -3.12. The van der Waals surface area contributed by atoms with Gasteiger partial charge in [-0.15, -0.1) is 5.10 Å². The second-order valence-electron chi connectivity index (χ2n) is 7.85. The van der Waals surface area contributed by atoms with E-state index >= 15 is 0 Å². The second-order valence-corrected chi connectivity index (χ2v) is 8.26. The SMILES string of the molecule is CCn1c(CO)nn(-c2cc(OC(CF)C(F)F)c3c(Oc4cc(C)ccc4Cl)nccc3c2)c1=O. The van der Waals surface area contributed by atoms with Crippen LogP contribution in [0, 0.1) is 6.92 Å². The van der Waals surface area contributed by atoms with Gasteiger partial charge in [-0.3, -0.25) is 4.57 Å². The van der Waals surface area contributed by atoms with E-state index < -0.39 is 31.5 Å². The number of pyridine rings is 1. The first kappa shape index (κ1) is 25.5. The van der Waals surface area contributed by atoms with E-state index in [9.17, 15) is 23.1 Å². The first-order chi connectivity index (χ1) is 17.3. The van der Waals surface area contributed by atoms with Gasteiger partial charge in [0.25, 0.3) is 6.43 Å². The summed E-state index contributed by atoms with van der Waals surface area (Å²) in [5.74, 6) is 0.178. The minimum Gasteiger partial charge on any atom is -0.481 e. The monoisotopic (exact) mass is 522 g/mol. The van der Waals surface area contributed by atoms with E-state index in [0.717, 1.165) is 10.2 Å². The van der Waals surface area contributed by atoms with Crippen molar-refractivity contribution in [3.8, 4) is 23.1 Å². The molecule has 2 aromatic carbocycles. The van der Waals surface area contributed by atoms with Gasteiger partial charge in [-0.25, -0.2) is 22.9 Å². The van der Waals surface area contributed by atoms with Gasteiger partial charge >= 0.3 is 5.69 Å². The summed E-state index contributed by atoms with van der Waals surface area (Å²) in [5, 5.41) is 14.6. The normalized spacial score (nSPS) is 12.3. The molecule has 12 heteroatoms. The topological polar surface area (TPSA) is 91.4 Å². The molecule has 190 valence electrons. The summed E-state index contributed by atoms with van der Waals surface area (Å²) in [7, 11) is 0. The lowest BCUT2D eigenvalue weighted by Crippen LogP contribution is -2.28. The molecule has 0 bridgehead atoms. The first-order valence-electron chi connectivity index (χ1n) is 10.9. The van der Waals surface area contributed by atoms with Gasteiger partial charge in [0.2, 0.25) is 5.88 Å². The van der Waals surface area contributed by atoms with Crippen LogP contribution < -0.4 is 15.2 Å². The second kappa shape index (κ2) is 10.6. The summed E-state index contributed by atoms with van der Waals surface area (Å²) in [6.07, 6.45) is -3.78. The quantitative estimate of drug-likeness (QED) is 0.338. The Hall–Kier alpha value is -3.57. The molecule has 0 saturated carbocycles. The molecule has 0 saturated heterocycles. The molecule has 36 heavy (non-hydrogen) atoms. The third-order valence-electron chi connectivity index (χ3n) is 5.42. The Labute approximate surface area is 208 Å². The van der Waals surface area contributed by atoms with E-state index in [1.807, 2.05) is 6.92 Å². The van der Waals surface area contributed by atoms with E-state index in [0.29, 0.717) is 10.4 Å². The predicted molar refractivity (Wildman–Crippen MR) is 127 cm³/mol. The fourth-order valence-electron chi connectivity index (χ4n) is 3.67. The number of fused-ring (bicyclic) bond motifs is 1. The number of nitrogens with zero attached hydrogens (tertiary/aromatic N) is 4. The smallest absolute Gasteiger partial charge is 0.350 e. The number of alkyl halides is 3. The molecule has 0 radical (unpaired) electrons. The molecule has 4 aromatic rings. The van der Waals surface area contributed by atoms with Crippen LogP contribution in [0.4, 0.5) is 13.2 Å². The third-order valence-corrected chi connectivity index (χ3v) is 5.74. The highest BCUT2D eigenvalue weighted by atomic mass is 35.5. The molecule has 0 fully saturated rings. The fourth-order valence-corrected chi connectivity index (χ4v) is 3.83. The molecule has 0 aliphatic heterocycles. The van der Waals surface area contributed by atoms with Crippen molar-refractivity contribution in [2.24, 2.45) is 0 Å². The van der Waals surface area contributed by atoms with Crippen LogP contribution in [0.3, 0.4) is 0 Å². The maximum atomic E-state index is 13.4. The Balaban J connectivity index is 1.94. The zero-order valence-electron chi connectivity index (χ0n) is 19.3. The van der Waals surface area contributed by atoms with Crippen molar-refractivity contribution in [1.29, 1.82) is 0 Å². The lowest BCUT2D eigenvalue weighted by atomic mass is 10.1. The van der Waals surface area contributed by atoms with Crippen molar-refractivity contribution in [2.75, 3.05) is 6.67 Å². The van der Waals surface area contributed by atoms with Gasteiger partial charge in [0.15, 0.2) is 11.9 Å². The summed E-state index contributed by atoms with van der Waals surface area (Å²) in [4.78, 5) is 17.1. The number of aliphatic hydroxyl groups is 1. The molecule has 1 atom stereocenters. The van der Waals surface area contributed by atoms with Crippen molar-refractivity contribution < 1.29 is 27.8 Å². The average molecular weight is 523 g/mol. The molecule has 0 spiro atoms. The lowest BCUT2D eigenvalue weighted by molar-refractivity contribution is -0.000431. The number of ether oxygens (including phenoxy) is 2. The Morgan fingerprint density at radius 2 is 1.94 bits per heavy atom.